The van der Waals surface area contributed by atoms with E-state index in [2.05, 4.69) is 23.8 Å². The van der Waals surface area contributed by atoms with Gasteiger partial charge in [-0.05, 0) is 31.9 Å². The predicted octanol–water partition coefficient (Wildman–Crippen LogP) is 2.84. The Balaban J connectivity index is 2.60. The third-order valence-corrected chi connectivity index (χ3v) is 2.28. The molecule has 0 aromatic carbocycles. The summed E-state index contributed by atoms with van der Waals surface area (Å²) in [5.74, 6) is -0.294. The molecule has 1 aromatic heterocycles. The smallest absolute Gasteiger partial charge is 0.141 e. The zero-order valence-corrected chi connectivity index (χ0v) is 9.20. The number of aromatic nitrogens is 1. The molecule has 3 heteroatoms. The molecule has 0 aliphatic rings. The molecule has 0 aliphatic heterocycles. The fraction of sp³-hybridized carbons (Fsp3) is 0.417. The van der Waals surface area contributed by atoms with Crippen LogP contribution in [0, 0.1) is 5.82 Å². The van der Waals surface area contributed by atoms with Crippen LogP contribution in [0.2, 0.25) is 0 Å². The number of pyridine rings is 1. The Morgan fingerprint density at radius 3 is 2.87 bits per heavy atom. The second kappa shape index (κ2) is 5.61. The van der Waals surface area contributed by atoms with Crippen LogP contribution in [0.15, 0.2) is 31.1 Å². The fourth-order valence-corrected chi connectivity index (χ4v) is 1.51. The Kier molecular flexibility index (Phi) is 4.43. The number of hydrogen-bond donors (Lipinski definition) is 1. The first-order chi connectivity index (χ1) is 7.13. The molecule has 82 valence electrons. The lowest BCUT2D eigenvalue weighted by Gasteiger charge is -2.18. The first-order valence-corrected chi connectivity index (χ1v) is 5.11. The Hall–Kier alpha value is -1.22. The van der Waals surface area contributed by atoms with E-state index < -0.39 is 0 Å². The van der Waals surface area contributed by atoms with E-state index in [9.17, 15) is 4.39 Å². The van der Waals surface area contributed by atoms with E-state index >= 15 is 0 Å². The molecule has 0 bridgehead atoms. The second-order valence-corrected chi connectivity index (χ2v) is 3.75. The summed E-state index contributed by atoms with van der Waals surface area (Å²) in [4.78, 5) is 3.82. The van der Waals surface area contributed by atoms with E-state index in [4.69, 9.17) is 0 Å². The molecule has 0 radical (unpaired) electrons. The number of nitrogens with one attached hydrogen (secondary N) is 1. The van der Waals surface area contributed by atoms with Crippen molar-refractivity contribution in [3.05, 3.63) is 42.5 Å². The zero-order chi connectivity index (χ0) is 11.3. The van der Waals surface area contributed by atoms with E-state index in [0.717, 1.165) is 12.0 Å². The van der Waals surface area contributed by atoms with Gasteiger partial charge in [-0.3, -0.25) is 4.98 Å². The summed E-state index contributed by atoms with van der Waals surface area (Å²) in [6, 6.07) is 1.94. The highest BCUT2D eigenvalue weighted by Gasteiger charge is 2.09. The molecule has 0 spiro atoms. The van der Waals surface area contributed by atoms with Gasteiger partial charge in [-0.2, -0.15) is 0 Å². The quantitative estimate of drug-likeness (QED) is 0.753. The van der Waals surface area contributed by atoms with Crippen LogP contribution in [0.5, 0.6) is 0 Å². The van der Waals surface area contributed by atoms with E-state index in [1.54, 1.807) is 6.20 Å². The van der Waals surface area contributed by atoms with E-state index in [1.807, 2.05) is 13.0 Å². The van der Waals surface area contributed by atoms with Gasteiger partial charge in [0.1, 0.15) is 5.82 Å². The molecule has 1 aromatic rings. The highest BCUT2D eigenvalue weighted by molar-refractivity contribution is 5.14. The lowest BCUT2D eigenvalue weighted by molar-refractivity contribution is 0.479. The second-order valence-electron chi connectivity index (χ2n) is 3.75. The number of rotatable bonds is 5. The van der Waals surface area contributed by atoms with Crippen LogP contribution in [0.3, 0.4) is 0 Å². The average Bonchev–Trinajstić information content (AvgIpc) is 2.18. The van der Waals surface area contributed by atoms with Gasteiger partial charge in [0.15, 0.2) is 0 Å². The minimum Gasteiger partial charge on any atom is -0.307 e. The van der Waals surface area contributed by atoms with Crippen molar-refractivity contribution in [1.82, 2.24) is 10.3 Å². The normalized spacial score (nSPS) is 14.6. The molecule has 0 aliphatic carbocycles. The molecule has 0 fully saturated rings. The summed E-state index contributed by atoms with van der Waals surface area (Å²) in [7, 11) is 0. The van der Waals surface area contributed by atoms with Gasteiger partial charge in [-0.25, -0.2) is 4.39 Å². The molecule has 15 heavy (non-hydrogen) atoms. The molecule has 1 heterocycles. The Morgan fingerprint density at radius 2 is 2.27 bits per heavy atom. The maximum absolute atomic E-state index is 12.9. The molecule has 2 unspecified atom stereocenters. The van der Waals surface area contributed by atoms with Gasteiger partial charge in [0.05, 0.1) is 6.20 Å². The van der Waals surface area contributed by atoms with Crippen molar-refractivity contribution in [2.24, 2.45) is 0 Å². The zero-order valence-electron chi connectivity index (χ0n) is 9.20. The molecule has 0 amide bonds. The molecule has 0 saturated carbocycles. The van der Waals surface area contributed by atoms with Gasteiger partial charge in [0.25, 0.3) is 0 Å². The maximum Gasteiger partial charge on any atom is 0.141 e. The van der Waals surface area contributed by atoms with Crippen molar-refractivity contribution in [3.8, 4) is 0 Å². The first kappa shape index (κ1) is 11.9. The molecule has 0 saturated heterocycles. The van der Waals surface area contributed by atoms with Crippen LogP contribution in [0.4, 0.5) is 4.39 Å². The standard InChI is InChI=1S/C12H17FN2/c1-4-5-9(2)15-10(3)11-6-12(13)8-14-7-11/h4,6-10,15H,1,5H2,2-3H3. The molecule has 2 atom stereocenters. The van der Waals surface area contributed by atoms with Crippen LogP contribution in [-0.2, 0) is 0 Å². The van der Waals surface area contributed by atoms with E-state index in [0.29, 0.717) is 6.04 Å². The van der Waals surface area contributed by atoms with Crippen LogP contribution in [0.1, 0.15) is 31.9 Å². The largest absolute Gasteiger partial charge is 0.307 e. The van der Waals surface area contributed by atoms with Gasteiger partial charge in [-0.15, -0.1) is 6.58 Å². The van der Waals surface area contributed by atoms with Crippen LogP contribution >= 0.6 is 0 Å². The third kappa shape index (κ3) is 3.80. The molecular weight excluding hydrogens is 191 g/mol. The van der Waals surface area contributed by atoms with Crippen molar-refractivity contribution in [1.29, 1.82) is 0 Å². The van der Waals surface area contributed by atoms with Gasteiger partial charge in [-0.1, -0.05) is 6.08 Å². The molecule has 2 nitrogen and oxygen atoms in total. The van der Waals surface area contributed by atoms with Crippen LogP contribution in [0.25, 0.3) is 0 Å². The number of halogens is 1. The number of hydrogen-bond acceptors (Lipinski definition) is 2. The Bertz CT molecular complexity index is 325. The molecule has 1 N–H and O–H groups in total. The van der Waals surface area contributed by atoms with Crippen molar-refractivity contribution in [2.45, 2.75) is 32.4 Å². The summed E-state index contributed by atoms with van der Waals surface area (Å²) < 4.78 is 12.9. The molecular formula is C12H17FN2. The topological polar surface area (TPSA) is 24.9 Å². The van der Waals surface area contributed by atoms with Crippen molar-refractivity contribution in [3.63, 3.8) is 0 Å². The van der Waals surface area contributed by atoms with Crippen molar-refractivity contribution >= 4 is 0 Å². The van der Waals surface area contributed by atoms with Crippen molar-refractivity contribution < 1.29 is 4.39 Å². The number of nitrogens with zero attached hydrogens (tertiary/aromatic N) is 1. The summed E-state index contributed by atoms with van der Waals surface area (Å²) >= 11 is 0. The Labute approximate surface area is 90.2 Å². The third-order valence-electron chi connectivity index (χ3n) is 2.28. The van der Waals surface area contributed by atoms with E-state index in [-0.39, 0.29) is 11.9 Å². The van der Waals surface area contributed by atoms with Crippen LogP contribution < -0.4 is 5.32 Å². The summed E-state index contributed by atoms with van der Waals surface area (Å²) in [6.07, 6.45) is 5.66. The monoisotopic (exact) mass is 208 g/mol. The van der Waals surface area contributed by atoms with Crippen molar-refractivity contribution in [2.75, 3.05) is 0 Å². The average molecular weight is 208 g/mol. The summed E-state index contributed by atoms with van der Waals surface area (Å²) in [6.45, 7) is 7.75. The van der Waals surface area contributed by atoms with Crippen LogP contribution in [-0.4, -0.2) is 11.0 Å². The summed E-state index contributed by atoms with van der Waals surface area (Å²) in [5, 5.41) is 3.35. The van der Waals surface area contributed by atoms with Gasteiger partial charge < -0.3 is 5.32 Å². The highest BCUT2D eigenvalue weighted by Crippen LogP contribution is 2.13. The van der Waals surface area contributed by atoms with Gasteiger partial charge >= 0.3 is 0 Å². The first-order valence-electron chi connectivity index (χ1n) is 5.11. The molecule has 1 rings (SSSR count). The highest BCUT2D eigenvalue weighted by atomic mass is 19.1. The predicted molar refractivity (Wildman–Crippen MR) is 60.0 cm³/mol. The van der Waals surface area contributed by atoms with Gasteiger partial charge in [0, 0.05) is 18.3 Å². The SMILES string of the molecule is C=CCC(C)NC(C)c1cncc(F)c1. The maximum atomic E-state index is 12.9. The Morgan fingerprint density at radius 1 is 1.53 bits per heavy atom. The fourth-order valence-electron chi connectivity index (χ4n) is 1.51. The lowest BCUT2D eigenvalue weighted by Crippen LogP contribution is -2.28. The van der Waals surface area contributed by atoms with E-state index in [1.165, 1.54) is 12.3 Å². The minimum atomic E-state index is -0.294. The summed E-state index contributed by atoms with van der Waals surface area (Å²) in [5.41, 5.74) is 0.867. The lowest BCUT2D eigenvalue weighted by atomic mass is 10.1. The minimum absolute atomic E-state index is 0.100. The van der Waals surface area contributed by atoms with Gasteiger partial charge in [0.2, 0.25) is 0 Å².